The Hall–Kier alpha value is -2.38. The Kier molecular flexibility index (Phi) is 6.13. The third-order valence-corrected chi connectivity index (χ3v) is 5.26. The molecule has 1 aromatic carbocycles. The van der Waals surface area contributed by atoms with Gasteiger partial charge in [0.25, 0.3) is 11.5 Å². The number of halogens is 1. The van der Waals surface area contributed by atoms with Crippen LogP contribution >= 0.6 is 11.6 Å². The van der Waals surface area contributed by atoms with Gasteiger partial charge in [0.05, 0.1) is 10.6 Å². The fraction of sp³-hybridized carbons (Fsp3) is 0.421. The van der Waals surface area contributed by atoms with E-state index in [1.54, 1.807) is 30.1 Å². The summed E-state index contributed by atoms with van der Waals surface area (Å²) < 4.78 is 0. The SMILES string of the molecule is CN(c1ccc(Cl)c(C(=O)NC(O)C2CCCCC2)c1)c1nccc(=O)[nH]1. The van der Waals surface area contributed by atoms with E-state index in [0.29, 0.717) is 11.6 Å². The predicted molar refractivity (Wildman–Crippen MR) is 104 cm³/mol. The minimum Gasteiger partial charge on any atom is -0.373 e. The van der Waals surface area contributed by atoms with E-state index in [2.05, 4.69) is 15.3 Å². The number of aromatic amines is 1. The zero-order chi connectivity index (χ0) is 19.4. The molecule has 7 nitrogen and oxygen atoms in total. The molecule has 1 aromatic heterocycles. The summed E-state index contributed by atoms with van der Waals surface area (Å²) >= 11 is 6.20. The van der Waals surface area contributed by atoms with Gasteiger partial charge in [-0.2, -0.15) is 0 Å². The average Bonchev–Trinajstić information content (AvgIpc) is 2.68. The van der Waals surface area contributed by atoms with Crippen LogP contribution < -0.4 is 15.8 Å². The molecule has 0 radical (unpaired) electrons. The monoisotopic (exact) mass is 390 g/mol. The van der Waals surface area contributed by atoms with Crippen LogP contribution in [-0.4, -0.2) is 34.3 Å². The third-order valence-electron chi connectivity index (χ3n) is 4.93. The summed E-state index contributed by atoms with van der Waals surface area (Å²) in [6, 6.07) is 6.27. The quantitative estimate of drug-likeness (QED) is 0.682. The number of anilines is 2. The van der Waals surface area contributed by atoms with Crippen LogP contribution in [0.3, 0.4) is 0 Å². The van der Waals surface area contributed by atoms with Crippen molar-refractivity contribution in [3.05, 3.63) is 51.4 Å². The van der Waals surface area contributed by atoms with Gasteiger partial charge in [0, 0.05) is 30.9 Å². The van der Waals surface area contributed by atoms with Crippen LogP contribution in [-0.2, 0) is 0 Å². The second-order valence-electron chi connectivity index (χ2n) is 6.80. The molecule has 144 valence electrons. The first-order chi connectivity index (χ1) is 13.0. The van der Waals surface area contributed by atoms with Crippen molar-refractivity contribution >= 4 is 29.1 Å². The van der Waals surface area contributed by atoms with E-state index in [4.69, 9.17) is 11.6 Å². The molecule has 0 bridgehead atoms. The van der Waals surface area contributed by atoms with Crippen LogP contribution in [0.4, 0.5) is 11.6 Å². The van der Waals surface area contributed by atoms with E-state index >= 15 is 0 Å². The minimum absolute atomic E-state index is 0.0749. The van der Waals surface area contributed by atoms with Gasteiger partial charge >= 0.3 is 0 Å². The molecule has 8 heteroatoms. The van der Waals surface area contributed by atoms with Gasteiger partial charge in [-0.3, -0.25) is 14.6 Å². The molecule has 1 aliphatic rings. The second-order valence-corrected chi connectivity index (χ2v) is 7.20. The first-order valence-electron chi connectivity index (χ1n) is 9.03. The third kappa shape index (κ3) is 4.67. The molecule has 1 aliphatic carbocycles. The van der Waals surface area contributed by atoms with Crippen molar-refractivity contribution in [1.29, 1.82) is 0 Å². The Morgan fingerprint density at radius 2 is 2.07 bits per heavy atom. The van der Waals surface area contributed by atoms with E-state index in [1.807, 2.05) is 0 Å². The Bertz CT molecular complexity index is 864. The molecular formula is C19H23ClN4O3. The molecule has 1 atom stereocenters. The topological polar surface area (TPSA) is 98.3 Å². The standard InChI is InChI=1S/C19H23ClN4O3/c1-24(19-21-10-9-16(25)22-19)13-7-8-15(20)14(11-13)18(27)23-17(26)12-5-3-2-4-6-12/h7-12,17,26H,2-6H2,1H3,(H,23,27)(H,21,22,25). The fourth-order valence-corrected chi connectivity index (χ4v) is 3.53. The summed E-state index contributed by atoms with van der Waals surface area (Å²) in [5.41, 5.74) is 0.620. The van der Waals surface area contributed by atoms with Gasteiger partial charge in [-0.15, -0.1) is 0 Å². The molecule has 3 rings (SSSR count). The van der Waals surface area contributed by atoms with Crippen molar-refractivity contribution < 1.29 is 9.90 Å². The summed E-state index contributed by atoms with van der Waals surface area (Å²) in [7, 11) is 1.72. The van der Waals surface area contributed by atoms with Gasteiger partial charge in [0.15, 0.2) is 0 Å². The smallest absolute Gasteiger partial charge is 0.254 e. The number of carbonyl (C=O) groups is 1. The van der Waals surface area contributed by atoms with Gasteiger partial charge in [-0.05, 0) is 31.0 Å². The number of rotatable bonds is 5. The number of hydrogen-bond donors (Lipinski definition) is 3. The van der Waals surface area contributed by atoms with Crippen molar-refractivity contribution in [2.75, 3.05) is 11.9 Å². The molecule has 1 unspecified atom stereocenters. The van der Waals surface area contributed by atoms with Crippen LogP contribution in [0, 0.1) is 5.92 Å². The Morgan fingerprint density at radius 1 is 1.33 bits per heavy atom. The van der Waals surface area contributed by atoms with Crippen molar-refractivity contribution in [1.82, 2.24) is 15.3 Å². The summed E-state index contributed by atoms with van der Waals surface area (Å²) in [6.45, 7) is 0. The number of carbonyl (C=O) groups excluding carboxylic acids is 1. The molecule has 0 saturated heterocycles. The second kappa shape index (κ2) is 8.54. The number of H-pyrrole nitrogens is 1. The zero-order valence-corrected chi connectivity index (χ0v) is 15.9. The van der Waals surface area contributed by atoms with Crippen LogP contribution in [0.15, 0.2) is 35.3 Å². The van der Waals surface area contributed by atoms with Gasteiger partial charge in [0.1, 0.15) is 6.23 Å². The molecule has 1 heterocycles. The molecular weight excluding hydrogens is 368 g/mol. The van der Waals surface area contributed by atoms with E-state index in [1.165, 1.54) is 18.7 Å². The number of aliphatic hydroxyl groups is 1. The van der Waals surface area contributed by atoms with Crippen LogP contribution in [0.2, 0.25) is 5.02 Å². The number of nitrogens with one attached hydrogen (secondary N) is 2. The fourth-order valence-electron chi connectivity index (χ4n) is 3.33. The van der Waals surface area contributed by atoms with Crippen molar-refractivity contribution in [2.45, 2.75) is 38.3 Å². The number of amides is 1. The van der Waals surface area contributed by atoms with Gasteiger partial charge in [-0.25, -0.2) is 4.98 Å². The van der Waals surface area contributed by atoms with Crippen LogP contribution in [0.1, 0.15) is 42.5 Å². The highest BCUT2D eigenvalue weighted by atomic mass is 35.5. The number of aromatic nitrogens is 2. The summed E-state index contributed by atoms with van der Waals surface area (Å²) in [6.07, 6.45) is 5.65. The largest absolute Gasteiger partial charge is 0.373 e. The number of nitrogens with zero attached hydrogens (tertiary/aromatic N) is 2. The highest BCUT2D eigenvalue weighted by molar-refractivity contribution is 6.34. The molecule has 3 N–H and O–H groups in total. The molecule has 1 saturated carbocycles. The van der Waals surface area contributed by atoms with Gasteiger partial charge < -0.3 is 15.3 Å². The zero-order valence-electron chi connectivity index (χ0n) is 15.1. The van der Waals surface area contributed by atoms with E-state index in [9.17, 15) is 14.7 Å². The lowest BCUT2D eigenvalue weighted by molar-refractivity contribution is 0.0463. The average molecular weight is 391 g/mol. The van der Waals surface area contributed by atoms with Gasteiger partial charge in [-0.1, -0.05) is 30.9 Å². The number of aliphatic hydroxyl groups excluding tert-OH is 1. The van der Waals surface area contributed by atoms with Crippen molar-refractivity contribution in [2.24, 2.45) is 5.92 Å². The summed E-state index contributed by atoms with van der Waals surface area (Å²) in [5, 5.41) is 13.3. The minimum atomic E-state index is -0.887. The Labute approximate surface area is 162 Å². The molecule has 0 aliphatic heterocycles. The normalized spacial score (nSPS) is 16.0. The van der Waals surface area contributed by atoms with E-state index in [0.717, 1.165) is 25.7 Å². The van der Waals surface area contributed by atoms with Crippen LogP contribution in [0.5, 0.6) is 0 Å². The van der Waals surface area contributed by atoms with E-state index in [-0.39, 0.29) is 22.1 Å². The molecule has 0 spiro atoms. The molecule has 1 fully saturated rings. The predicted octanol–water partition coefficient (Wildman–Crippen LogP) is 2.82. The Balaban J connectivity index is 1.78. The molecule has 1 amide bonds. The van der Waals surface area contributed by atoms with Crippen molar-refractivity contribution in [3.63, 3.8) is 0 Å². The number of benzene rings is 1. The highest BCUT2D eigenvalue weighted by Gasteiger charge is 2.24. The summed E-state index contributed by atoms with van der Waals surface area (Å²) in [5.74, 6) is -0.00724. The van der Waals surface area contributed by atoms with Crippen LogP contribution in [0.25, 0.3) is 0 Å². The lowest BCUT2D eigenvalue weighted by Crippen LogP contribution is -2.41. The molecule has 2 aromatic rings. The maximum Gasteiger partial charge on any atom is 0.254 e. The van der Waals surface area contributed by atoms with Crippen molar-refractivity contribution in [3.8, 4) is 0 Å². The maximum atomic E-state index is 12.6. The maximum absolute atomic E-state index is 12.6. The highest BCUT2D eigenvalue weighted by Crippen LogP contribution is 2.28. The number of hydrogen-bond acceptors (Lipinski definition) is 5. The first-order valence-corrected chi connectivity index (χ1v) is 9.41. The van der Waals surface area contributed by atoms with Gasteiger partial charge in [0.2, 0.25) is 5.95 Å². The van der Waals surface area contributed by atoms with E-state index < -0.39 is 12.1 Å². The Morgan fingerprint density at radius 3 is 2.78 bits per heavy atom. The molecule has 27 heavy (non-hydrogen) atoms. The lowest BCUT2D eigenvalue weighted by atomic mass is 9.88. The lowest BCUT2D eigenvalue weighted by Gasteiger charge is -2.27. The summed E-state index contributed by atoms with van der Waals surface area (Å²) in [4.78, 5) is 32.5. The first kappa shape index (κ1) is 19.4.